The molecule has 0 heterocycles. The van der Waals surface area contributed by atoms with Crippen LogP contribution in [0.25, 0.3) is 21.5 Å². The van der Waals surface area contributed by atoms with E-state index in [0.29, 0.717) is 5.56 Å². The highest BCUT2D eigenvalue weighted by atomic mass is 16.4. The van der Waals surface area contributed by atoms with Gasteiger partial charge in [0.1, 0.15) is 0 Å². The van der Waals surface area contributed by atoms with E-state index in [-0.39, 0.29) is 18.6 Å². The highest BCUT2D eigenvalue weighted by molar-refractivity contribution is 6.21. The van der Waals surface area contributed by atoms with Gasteiger partial charge in [0.15, 0.2) is 5.78 Å². The largest absolute Gasteiger partial charge is 0.481 e. The van der Waals surface area contributed by atoms with Crippen molar-refractivity contribution in [3.8, 4) is 0 Å². The topological polar surface area (TPSA) is 54.4 Å². The third-order valence-electron chi connectivity index (χ3n) is 4.73. The van der Waals surface area contributed by atoms with E-state index in [1.165, 1.54) is 16.5 Å². The molecule has 0 radical (unpaired) electrons. The first-order valence-corrected chi connectivity index (χ1v) is 7.87. The monoisotopic (exact) mass is 304 g/mol. The highest BCUT2D eigenvalue weighted by Gasteiger charge is 2.23. The Morgan fingerprint density at radius 1 is 0.870 bits per heavy atom. The van der Waals surface area contributed by atoms with Gasteiger partial charge < -0.3 is 5.11 Å². The van der Waals surface area contributed by atoms with E-state index >= 15 is 0 Å². The molecular weight excluding hydrogens is 288 g/mol. The van der Waals surface area contributed by atoms with Gasteiger partial charge in [-0.3, -0.25) is 9.59 Å². The van der Waals surface area contributed by atoms with Crippen molar-refractivity contribution in [2.45, 2.75) is 25.7 Å². The van der Waals surface area contributed by atoms with Crippen LogP contribution in [0.1, 0.15) is 34.3 Å². The van der Waals surface area contributed by atoms with Crippen LogP contribution in [0.4, 0.5) is 0 Å². The van der Waals surface area contributed by atoms with Crippen molar-refractivity contribution >= 4 is 33.3 Å². The Morgan fingerprint density at radius 2 is 1.61 bits per heavy atom. The van der Waals surface area contributed by atoms with Gasteiger partial charge in [-0.1, -0.05) is 42.5 Å². The third-order valence-corrected chi connectivity index (χ3v) is 4.73. The highest BCUT2D eigenvalue weighted by Crippen LogP contribution is 2.39. The van der Waals surface area contributed by atoms with Crippen LogP contribution in [-0.4, -0.2) is 16.9 Å². The smallest absolute Gasteiger partial charge is 0.303 e. The number of hydrogen-bond donors (Lipinski definition) is 1. The summed E-state index contributed by atoms with van der Waals surface area (Å²) in [5.74, 6) is -1.02. The molecule has 114 valence electrons. The Labute approximate surface area is 133 Å². The van der Waals surface area contributed by atoms with Gasteiger partial charge in [-0.25, -0.2) is 0 Å². The predicted octanol–water partition coefficient (Wildman–Crippen LogP) is 4.14. The fraction of sp³-hybridized carbons (Fsp3) is 0.200. The van der Waals surface area contributed by atoms with Crippen LogP contribution in [0.5, 0.6) is 0 Å². The Bertz CT molecular complexity index is 969. The lowest BCUT2D eigenvalue weighted by molar-refractivity contribution is -0.136. The maximum atomic E-state index is 12.8. The third kappa shape index (κ3) is 2.12. The minimum atomic E-state index is -0.936. The van der Waals surface area contributed by atoms with Gasteiger partial charge in [-0.15, -0.1) is 0 Å². The number of fused-ring (bicyclic) bond motifs is 2. The van der Waals surface area contributed by atoms with Gasteiger partial charge in [-0.05, 0) is 45.5 Å². The lowest BCUT2D eigenvalue weighted by Gasteiger charge is -2.13. The number of aryl methyl sites for hydroxylation is 2. The molecule has 3 heteroatoms. The molecule has 0 aromatic heterocycles. The van der Waals surface area contributed by atoms with Crippen LogP contribution in [0, 0.1) is 0 Å². The van der Waals surface area contributed by atoms with E-state index in [2.05, 4.69) is 12.1 Å². The van der Waals surface area contributed by atoms with Crippen molar-refractivity contribution < 1.29 is 14.7 Å². The van der Waals surface area contributed by atoms with E-state index in [4.69, 9.17) is 5.11 Å². The van der Waals surface area contributed by atoms with E-state index in [9.17, 15) is 9.59 Å². The van der Waals surface area contributed by atoms with Crippen molar-refractivity contribution in [1.82, 2.24) is 0 Å². The molecule has 3 nitrogen and oxygen atoms in total. The Hall–Kier alpha value is -2.68. The standard InChI is InChI=1S/C20H16O3/c21-17(10-11-18(22)23)20-14-6-2-1-5-13(14)15-9-8-12-4-3-7-16(20)19(12)15/h1-7H,8-11H2,(H,22,23). The molecular formula is C20H16O3. The summed E-state index contributed by atoms with van der Waals surface area (Å²) in [6.45, 7) is 0. The van der Waals surface area contributed by atoms with Gasteiger partial charge in [0.25, 0.3) is 0 Å². The van der Waals surface area contributed by atoms with Crippen LogP contribution in [0.2, 0.25) is 0 Å². The van der Waals surface area contributed by atoms with Gasteiger partial charge >= 0.3 is 5.97 Å². The maximum absolute atomic E-state index is 12.8. The number of rotatable bonds is 4. The Morgan fingerprint density at radius 3 is 2.39 bits per heavy atom. The fourth-order valence-electron chi connectivity index (χ4n) is 3.78. The van der Waals surface area contributed by atoms with Crippen molar-refractivity contribution in [1.29, 1.82) is 0 Å². The molecule has 0 atom stereocenters. The number of hydrogen-bond acceptors (Lipinski definition) is 2. The van der Waals surface area contributed by atoms with Crippen LogP contribution in [0.3, 0.4) is 0 Å². The molecule has 0 bridgehead atoms. The summed E-state index contributed by atoms with van der Waals surface area (Å²) in [6, 6.07) is 14.1. The molecule has 0 amide bonds. The zero-order chi connectivity index (χ0) is 16.0. The zero-order valence-electron chi connectivity index (χ0n) is 12.6. The first-order valence-electron chi connectivity index (χ1n) is 7.87. The second-order valence-corrected chi connectivity index (χ2v) is 6.06. The molecule has 0 saturated heterocycles. The molecule has 0 spiro atoms. The van der Waals surface area contributed by atoms with Gasteiger partial charge in [0.05, 0.1) is 6.42 Å². The predicted molar refractivity (Wildman–Crippen MR) is 90.1 cm³/mol. The fourth-order valence-corrected chi connectivity index (χ4v) is 3.78. The van der Waals surface area contributed by atoms with E-state index in [0.717, 1.165) is 29.0 Å². The average Bonchev–Trinajstić information content (AvgIpc) is 2.99. The molecule has 23 heavy (non-hydrogen) atoms. The quantitative estimate of drug-likeness (QED) is 0.582. The zero-order valence-corrected chi connectivity index (χ0v) is 12.6. The summed E-state index contributed by atoms with van der Waals surface area (Å²) in [7, 11) is 0. The Balaban J connectivity index is 2.04. The molecule has 3 aromatic carbocycles. The molecule has 0 unspecified atom stereocenters. The van der Waals surface area contributed by atoms with E-state index < -0.39 is 5.97 Å². The summed E-state index contributed by atoms with van der Waals surface area (Å²) >= 11 is 0. The summed E-state index contributed by atoms with van der Waals surface area (Å²) < 4.78 is 0. The van der Waals surface area contributed by atoms with E-state index in [1.54, 1.807) is 0 Å². The van der Waals surface area contributed by atoms with Crippen molar-refractivity contribution in [2.75, 3.05) is 0 Å². The molecule has 1 aliphatic rings. The van der Waals surface area contributed by atoms with Crippen molar-refractivity contribution in [3.63, 3.8) is 0 Å². The summed E-state index contributed by atoms with van der Waals surface area (Å²) in [4.78, 5) is 23.6. The minimum absolute atomic E-state index is 0.0397. The number of Topliss-reactive ketones (excluding diaryl/α,β-unsaturated/α-hetero) is 1. The lowest BCUT2D eigenvalue weighted by Crippen LogP contribution is -2.06. The van der Waals surface area contributed by atoms with E-state index in [1.807, 2.05) is 30.3 Å². The van der Waals surface area contributed by atoms with Crippen LogP contribution in [0.15, 0.2) is 42.5 Å². The van der Waals surface area contributed by atoms with Crippen molar-refractivity contribution in [3.05, 3.63) is 59.2 Å². The number of aliphatic carboxylic acids is 1. The summed E-state index contributed by atoms with van der Waals surface area (Å²) in [5, 5.41) is 13.1. The first-order chi connectivity index (χ1) is 11.2. The summed E-state index contributed by atoms with van der Waals surface area (Å²) in [6.07, 6.45) is 1.91. The number of ketones is 1. The Kier molecular flexibility index (Phi) is 3.15. The molecule has 3 aromatic rings. The molecule has 0 fully saturated rings. The average molecular weight is 304 g/mol. The second kappa shape index (κ2) is 5.20. The molecule has 1 N–H and O–H groups in total. The molecule has 0 saturated carbocycles. The SMILES string of the molecule is O=C(O)CCC(=O)c1c2ccccc2c2c3c(cccc13)CC2. The van der Waals surface area contributed by atoms with Crippen LogP contribution in [-0.2, 0) is 17.6 Å². The number of carboxylic acid groups (broad SMARTS) is 1. The molecule has 4 rings (SSSR count). The van der Waals surface area contributed by atoms with Gasteiger partial charge in [0, 0.05) is 12.0 Å². The minimum Gasteiger partial charge on any atom is -0.481 e. The number of carbonyl (C=O) groups excluding carboxylic acids is 1. The molecule has 1 aliphatic carbocycles. The van der Waals surface area contributed by atoms with Crippen molar-refractivity contribution in [2.24, 2.45) is 0 Å². The maximum Gasteiger partial charge on any atom is 0.303 e. The van der Waals surface area contributed by atoms with Gasteiger partial charge in [0.2, 0.25) is 0 Å². The number of benzene rings is 3. The number of carboxylic acids is 1. The summed E-state index contributed by atoms with van der Waals surface area (Å²) in [5.41, 5.74) is 3.29. The molecule has 0 aliphatic heterocycles. The first kappa shape index (κ1) is 13.9. The second-order valence-electron chi connectivity index (χ2n) is 6.06. The normalized spacial score (nSPS) is 12.9. The van der Waals surface area contributed by atoms with Crippen LogP contribution >= 0.6 is 0 Å². The van der Waals surface area contributed by atoms with Crippen LogP contribution < -0.4 is 0 Å². The number of carbonyl (C=O) groups is 2. The lowest BCUT2D eigenvalue weighted by atomic mass is 9.89. The van der Waals surface area contributed by atoms with Gasteiger partial charge in [-0.2, -0.15) is 0 Å².